The molecule has 1 aromatic rings. The van der Waals surface area contributed by atoms with Crippen LogP contribution in [0.4, 0.5) is 0 Å². The van der Waals surface area contributed by atoms with E-state index in [9.17, 15) is 0 Å². The van der Waals surface area contributed by atoms with Gasteiger partial charge in [0.2, 0.25) is 0 Å². The number of nitrogens with one attached hydrogen (secondary N) is 1. The highest BCUT2D eigenvalue weighted by Gasteiger charge is 2.22. The Morgan fingerprint density at radius 2 is 2.05 bits per heavy atom. The van der Waals surface area contributed by atoms with Crippen molar-refractivity contribution < 1.29 is 0 Å². The van der Waals surface area contributed by atoms with Crippen molar-refractivity contribution in [2.45, 2.75) is 25.8 Å². The second kappa shape index (κ2) is 5.68. The van der Waals surface area contributed by atoms with Crippen molar-refractivity contribution in [2.75, 3.05) is 13.1 Å². The van der Waals surface area contributed by atoms with Crippen LogP contribution < -0.4 is 5.32 Å². The summed E-state index contributed by atoms with van der Waals surface area (Å²) in [5.74, 6) is 0. The highest BCUT2D eigenvalue weighted by Crippen LogP contribution is 2.27. The van der Waals surface area contributed by atoms with Gasteiger partial charge in [-0.1, -0.05) is 36.9 Å². The van der Waals surface area contributed by atoms with Gasteiger partial charge in [-0.15, -0.1) is 0 Å². The number of rotatable bonds is 3. The van der Waals surface area contributed by atoms with E-state index in [1.165, 1.54) is 22.4 Å². The molecule has 2 aliphatic heterocycles. The molecule has 2 aliphatic rings. The quantitative estimate of drug-likeness (QED) is 0.903. The monoisotopic (exact) mass is 266 g/mol. The molecule has 0 aromatic heterocycles. The fraction of sp³-hybridized carbons (Fsp3) is 0.333. The van der Waals surface area contributed by atoms with Gasteiger partial charge in [-0.25, -0.2) is 0 Å². The van der Waals surface area contributed by atoms with E-state index < -0.39 is 0 Å². The summed E-state index contributed by atoms with van der Waals surface area (Å²) in [6.45, 7) is 8.45. The zero-order valence-corrected chi connectivity index (χ0v) is 12.1. The Labute approximate surface area is 121 Å². The molecule has 1 fully saturated rings. The molecule has 0 saturated carbocycles. The van der Waals surface area contributed by atoms with E-state index in [-0.39, 0.29) is 0 Å². The SMILES string of the molecule is C=C1C=C2CNC(C)CN2C=C1CCc1ccccc1. The van der Waals surface area contributed by atoms with Crippen LogP contribution in [0.15, 0.2) is 66.0 Å². The summed E-state index contributed by atoms with van der Waals surface area (Å²) in [7, 11) is 0. The normalized spacial score (nSPS) is 22.1. The molecule has 2 heteroatoms. The van der Waals surface area contributed by atoms with E-state index in [1.807, 2.05) is 0 Å². The third kappa shape index (κ3) is 2.86. The fourth-order valence-electron chi connectivity index (χ4n) is 2.84. The first-order chi connectivity index (χ1) is 9.72. The average molecular weight is 266 g/mol. The largest absolute Gasteiger partial charge is 0.348 e. The van der Waals surface area contributed by atoms with Crippen molar-refractivity contribution in [2.24, 2.45) is 0 Å². The lowest BCUT2D eigenvalue weighted by atomic mass is 9.96. The molecule has 0 spiro atoms. The lowest BCUT2D eigenvalue weighted by Gasteiger charge is -2.37. The zero-order chi connectivity index (χ0) is 13.9. The van der Waals surface area contributed by atoms with Gasteiger partial charge in [0.05, 0.1) is 0 Å². The predicted octanol–water partition coefficient (Wildman–Crippen LogP) is 3.25. The third-order valence-electron chi connectivity index (χ3n) is 4.06. The molecule has 1 atom stereocenters. The molecule has 1 saturated heterocycles. The van der Waals surface area contributed by atoms with Crippen LogP contribution in [0.25, 0.3) is 0 Å². The van der Waals surface area contributed by atoms with Crippen molar-refractivity contribution in [1.29, 1.82) is 0 Å². The molecule has 1 aromatic carbocycles. The van der Waals surface area contributed by atoms with Gasteiger partial charge in [0.15, 0.2) is 0 Å². The molecule has 3 rings (SSSR count). The maximum absolute atomic E-state index is 4.22. The summed E-state index contributed by atoms with van der Waals surface area (Å²) in [4.78, 5) is 2.39. The van der Waals surface area contributed by atoms with Crippen LogP contribution in [0.3, 0.4) is 0 Å². The molecule has 1 N–H and O–H groups in total. The Morgan fingerprint density at radius 1 is 1.25 bits per heavy atom. The van der Waals surface area contributed by atoms with Gasteiger partial charge in [0.25, 0.3) is 0 Å². The lowest BCUT2D eigenvalue weighted by molar-refractivity contribution is 0.329. The Balaban J connectivity index is 1.69. The number of benzene rings is 1. The van der Waals surface area contributed by atoms with Crippen LogP contribution in [0, 0.1) is 0 Å². The zero-order valence-electron chi connectivity index (χ0n) is 12.1. The molecule has 0 radical (unpaired) electrons. The maximum Gasteiger partial charge on any atom is 0.0374 e. The fourth-order valence-corrected chi connectivity index (χ4v) is 2.84. The molecule has 0 bridgehead atoms. The smallest absolute Gasteiger partial charge is 0.0374 e. The first-order valence-electron chi connectivity index (χ1n) is 7.37. The summed E-state index contributed by atoms with van der Waals surface area (Å²) in [5.41, 5.74) is 5.27. The minimum Gasteiger partial charge on any atom is -0.348 e. The van der Waals surface area contributed by atoms with Gasteiger partial charge < -0.3 is 10.2 Å². The van der Waals surface area contributed by atoms with Crippen molar-refractivity contribution in [3.8, 4) is 0 Å². The lowest BCUT2D eigenvalue weighted by Crippen LogP contribution is -2.46. The molecule has 2 heterocycles. The summed E-state index contributed by atoms with van der Waals surface area (Å²) in [6, 6.07) is 11.2. The van der Waals surface area contributed by atoms with Crippen molar-refractivity contribution in [3.63, 3.8) is 0 Å². The maximum atomic E-state index is 4.22. The van der Waals surface area contributed by atoms with Crippen LogP contribution >= 0.6 is 0 Å². The van der Waals surface area contributed by atoms with E-state index in [0.29, 0.717) is 6.04 Å². The topological polar surface area (TPSA) is 15.3 Å². The van der Waals surface area contributed by atoms with Crippen molar-refractivity contribution in [1.82, 2.24) is 10.2 Å². The summed E-state index contributed by atoms with van der Waals surface area (Å²) >= 11 is 0. The minimum absolute atomic E-state index is 0.546. The Bertz CT molecular complexity index is 554. The number of hydrogen-bond acceptors (Lipinski definition) is 2. The van der Waals surface area contributed by atoms with Crippen LogP contribution in [-0.4, -0.2) is 24.0 Å². The molecule has 1 unspecified atom stereocenters. The Hall–Kier alpha value is -1.80. The standard InChI is InChI=1S/C18H22N2/c1-14-10-18-11-19-15(2)12-20(18)13-17(14)9-8-16-6-4-3-5-7-16/h3-7,10,13,15,19H,1,8-9,11-12H2,2H3. The van der Waals surface area contributed by atoms with Crippen molar-refractivity contribution >= 4 is 0 Å². The first-order valence-corrected chi connectivity index (χ1v) is 7.37. The first kappa shape index (κ1) is 13.2. The number of fused-ring (bicyclic) bond motifs is 1. The minimum atomic E-state index is 0.546. The number of nitrogens with zero attached hydrogens (tertiary/aromatic N) is 1. The number of piperazine rings is 1. The van der Waals surface area contributed by atoms with Crippen LogP contribution in [0.5, 0.6) is 0 Å². The molecule has 0 aliphatic carbocycles. The summed E-state index contributed by atoms with van der Waals surface area (Å²) < 4.78 is 0. The van der Waals surface area contributed by atoms with Gasteiger partial charge >= 0.3 is 0 Å². The number of allylic oxidation sites excluding steroid dienone is 3. The second-order valence-corrected chi connectivity index (χ2v) is 5.74. The Morgan fingerprint density at radius 3 is 2.85 bits per heavy atom. The van der Waals surface area contributed by atoms with E-state index in [1.54, 1.807) is 0 Å². The molecule has 0 amide bonds. The average Bonchev–Trinajstić information content (AvgIpc) is 2.46. The number of hydrogen-bond donors (Lipinski definition) is 1. The van der Waals surface area contributed by atoms with E-state index in [2.05, 4.69) is 66.3 Å². The molecule has 104 valence electrons. The van der Waals surface area contributed by atoms with E-state index in [4.69, 9.17) is 0 Å². The predicted molar refractivity (Wildman–Crippen MR) is 84.2 cm³/mol. The van der Waals surface area contributed by atoms with Gasteiger partial charge in [-0.05, 0) is 42.6 Å². The second-order valence-electron chi connectivity index (χ2n) is 5.74. The van der Waals surface area contributed by atoms with Crippen LogP contribution in [-0.2, 0) is 6.42 Å². The van der Waals surface area contributed by atoms with Gasteiger partial charge in [0.1, 0.15) is 0 Å². The summed E-state index contributed by atoms with van der Waals surface area (Å²) in [5, 5.41) is 3.49. The number of aryl methyl sites for hydroxylation is 1. The molecular formula is C18H22N2. The molecule has 20 heavy (non-hydrogen) atoms. The molecule has 2 nitrogen and oxygen atoms in total. The van der Waals surface area contributed by atoms with Crippen LogP contribution in [0.2, 0.25) is 0 Å². The van der Waals surface area contributed by atoms with Crippen LogP contribution in [0.1, 0.15) is 18.9 Å². The third-order valence-corrected chi connectivity index (χ3v) is 4.06. The summed E-state index contributed by atoms with van der Waals surface area (Å²) in [6.07, 6.45) is 6.68. The van der Waals surface area contributed by atoms with E-state index >= 15 is 0 Å². The van der Waals surface area contributed by atoms with Gasteiger partial charge in [0, 0.05) is 31.0 Å². The van der Waals surface area contributed by atoms with Crippen molar-refractivity contribution in [3.05, 3.63) is 71.6 Å². The Kier molecular flexibility index (Phi) is 3.75. The molecular weight excluding hydrogens is 244 g/mol. The van der Waals surface area contributed by atoms with Gasteiger partial charge in [-0.2, -0.15) is 0 Å². The van der Waals surface area contributed by atoms with Gasteiger partial charge in [-0.3, -0.25) is 0 Å². The highest BCUT2D eigenvalue weighted by molar-refractivity contribution is 5.44. The highest BCUT2D eigenvalue weighted by atomic mass is 15.2. The van der Waals surface area contributed by atoms with E-state index in [0.717, 1.165) is 25.9 Å².